The van der Waals surface area contributed by atoms with Crippen molar-refractivity contribution in [2.75, 3.05) is 18.4 Å². The maximum atomic E-state index is 12.8. The summed E-state index contributed by atoms with van der Waals surface area (Å²) >= 11 is 1.50. The SMILES string of the molecule is CC(C)CN1C[C@@H](C(=O)Nc2sc3c(c2C#N)-c2ccccc2CC3)CC1=O. The first-order valence-corrected chi connectivity index (χ1v) is 10.5. The number of nitrogens with zero attached hydrogens (tertiary/aromatic N) is 2. The molecule has 0 unspecified atom stereocenters. The van der Waals surface area contributed by atoms with E-state index in [1.54, 1.807) is 4.90 Å². The first-order chi connectivity index (χ1) is 13.5. The van der Waals surface area contributed by atoms with Gasteiger partial charge in [0.25, 0.3) is 0 Å². The number of fused-ring (bicyclic) bond motifs is 3. The Morgan fingerprint density at radius 2 is 2.14 bits per heavy atom. The van der Waals surface area contributed by atoms with E-state index in [9.17, 15) is 14.9 Å². The van der Waals surface area contributed by atoms with E-state index in [2.05, 4.69) is 31.3 Å². The molecule has 28 heavy (non-hydrogen) atoms. The summed E-state index contributed by atoms with van der Waals surface area (Å²) < 4.78 is 0. The third kappa shape index (κ3) is 3.31. The zero-order valence-electron chi connectivity index (χ0n) is 16.1. The van der Waals surface area contributed by atoms with Crippen molar-refractivity contribution >= 4 is 28.2 Å². The third-order valence-corrected chi connectivity index (χ3v) is 6.57. The Labute approximate surface area is 169 Å². The second kappa shape index (κ2) is 7.40. The molecule has 0 saturated carbocycles. The maximum Gasteiger partial charge on any atom is 0.230 e. The van der Waals surface area contributed by atoms with Crippen LogP contribution >= 0.6 is 11.3 Å². The number of hydrogen-bond acceptors (Lipinski definition) is 4. The van der Waals surface area contributed by atoms with E-state index in [1.807, 2.05) is 18.2 Å². The van der Waals surface area contributed by atoms with Crippen LogP contribution in [0.2, 0.25) is 0 Å². The number of hydrogen-bond donors (Lipinski definition) is 1. The molecule has 1 fully saturated rings. The fraction of sp³-hybridized carbons (Fsp3) is 0.409. The predicted octanol–water partition coefficient (Wildman–Crippen LogP) is 3.83. The number of likely N-dealkylation sites (tertiary alicyclic amines) is 1. The smallest absolute Gasteiger partial charge is 0.230 e. The lowest BCUT2D eigenvalue weighted by atomic mass is 9.88. The van der Waals surface area contributed by atoms with E-state index in [-0.39, 0.29) is 24.2 Å². The van der Waals surface area contributed by atoms with Crippen LogP contribution in [0.5, 0.6) is 0 Å². The molecule has 1 aromatic carbocycles. The molecule has 2 heterocycles. The minimum Gasteiger partial charge on any atom is -0.342 e. The van der Waals surface area contributed by atoms with Gasteiger partial charge in [-0.25, -0.2) is 0 Å². The standard InChI is InChI=1S/C22H23N3O2S/c1-13(2)11-25-12-15(9-19(25)26)21(27)24-22-17(10-23)20-16-6-4-3-5-14(16)7-8-18(20)28-22/h3-6,13,15H,7-9,11-12H2,1-2H3,(H,24,27)/t15-/m0/s1. The van der Waals surface area contributed by atoms with Crippen molar-refractivity contribution in [3.8, 4) is 17.2 Å². The van der Waals surface area contributed by atoms with Gasteiger partial charge in [-0.05, 0) is 29.9 Å². The Hall–Kier alpha value is -2.65. The molecule has 6 heteroatoms. The molecule has 0 bridgehead atoms. The zero-order valence-corrected chi connectivity index (χ0v) is 16.9. The average Bonchev–Trinajstić information content (AvgIpc) is 3.21. The van der Waals surface area contributed by atoms with Gasteiger partial charge in [0.1, 0.15) is 11.1 Å². The summed E-state index contributed by atoms with van der Waals surface area (Å²) in [6, 6.07) is 10.5. The lowest BCUT2D eigenvalue weighted by Gasteiger charge is -2.18. The topological polar surface area (TPSA) is 73.2 Å². The van der Waals surface area contributed by atoms with E-state index in [4.69, 9.17) is 0 Å². The molecular formula is C22H23N3O2S. The number of carbonyl (C=O) groups is 2. The highest BCUT2D eigenvalue weighted by atomic mass is 32.1. The Balaban J connectivity index is 1.57. The van der Waals surface area contributed by atoms with Crippen molar-refractivity contribution in [2.45, 2.75) is 33.1 Å². The largest absolute Gasteiger partial charge is 0.342 e. The predicted molar refractivity (Wildman–Crippen MR) is 110 cm³/mol. The van der Waals surface area contributed by atoms with E-state index in [0.717, 1.165) is 28.8 Å². The number of anilines is 1. The van der Waals surface area contributed by atoms with Crippen LogP contribution in [0.3, 0.4) is 0 Å². The normalized spacial score (nSPS) is 18.0. The lowest BCUT2D eigenvalue weighted by Crippen LogP contribution is -2.31. The number of carbonyl (C=O) groups excluding carboxylic acids is 2. The second-order valence-corrected chi connectivity index (χ2v) is 9.06. The van der Waals surface area contributed by atoms with E-state index in [1.165, 1.54) is 16.9 Å². The van der Waals surface area contributed by atoms with Crippen LogP contribution in [0.25, 0.3) is 11.1 Å². The number of benzene rings is 1. The second-order valence-electron chi connectivity index (χ2n) is 7.96. The lowest BCUT2D eigenvalue weighted by molar-refractivity contribution is -0.128. The van der Waals surface area contributed by atoms with Gasteiger partial charge in [-0.3, -0.25) is 9.59 Å². The monoisotopic (exact) mass is 393 g/mol. The minimum atomic E-state index is -0.357. The Kier molecular flexibility index (Phi) is 4.94. The minimum absolute atomic E-state index is 0.0359. The van der Waals surface area contributed by atoms with E-state index < -0.39 is 0 Å². The van der Waals surface area contributed by atoms with Crippen LogP contribution in [0.15, 0.2) is 24.3 Å². The Morgan fingerprint density at radius 3 is 2.89 bits per heavy atom. The number of nitriles is 1. The molecular weight excluding hydrogens is 370 g/mol. The first-order valence-electron chi connectivity index (χ1n) is 9.70. The fourth-order valence-electron chi connectivity index (χ4n) is 4.14. The van der Waals surface area contributed by atoms with Gasteiger partial charge in [-0.15, -0.1) is 11.3 Å². The van der Waals surface area contributed by atoms with Gasteiger partial charge < -0.3 is 10.2 Å². The Morgan fingerprint density at radius 1 is 1.36 bits per heavy atom. The highest BCUT2D eigenvalue weighted by Crippen LogP contribution is 2.44. The zero-order chi connectivity index (χ0) is 19.8. The molecule has 1 aromatic heterocycles. The Bertz CT molecular complexity index is 986. The van der Waals surface area contributed by atoms with Crippen LogP contribution in [-0.4, -0.2) is 29.8 Å². The van der Waals surface area contributed by atoms with Crippen molar-refractivity contribution in [3.63, 3.8) is 0 Å². The van der Waals surface area contributed by atoms with E-state index in [0.29, 0.717) is 29.6 Å². The summed E-state index contributed by atoms with van der Waals surface area (Å²) in [6.07, 6.45) is 2.07. The number of nitrogens with one attached hydrogen (secondary N) is 1. The molecule has 1 N–H and O–H groups in total. The molecule has 2 amide bonds. The molecule has 0 spiro atoms. The summed E-state index contributed by atoms with van der Waals surface area (Å²) in [5.74, 6) is -0.110. The van der Waals surface area contributed by atoms with Gasteiger partial charge >= 0.3 is 0 Å². The highest BCUT2D eigenvalue weighted by molar-refractivity contribution is 7.17. The van der Waals surface area contributed by atoms with Crippen LogP contribution < -0.4 is 5.32 Å². The van der Waals surface area contributed by atoms with E-state index >= 15 is 0 Å². The molecule has 2 aromatic rings. The number of rotatable bonds is 4. The maximum absolute atomic E-state index is 12.8. The van der Waals surface area contributed by atoms with Gasteiger partial charge in [0.05, 0.1) is 11.5 Å². The quantitative estimate of drug-likeness (QED) is 0.858. The third-order valence-electron chi connectivity index (χ3n) is 5.41. The fourth-order valence-corrected chi connectivity index (χ4v) is 5.31. The van der Waals surface area contributed by atoms with Crippen molar-refractivity contribution in [3.05, 3.63) is 40.3 Å². The summed E-state index contributed by atoms with van der Waals surface area (Å²) in [7, 11) is 0. The van der Waals surface area contributed by atoms with Crippen LogP contribution in [0.1, 0.15) is 36.3 Å². The molecule has 0 radical (unpaired) electrons. The van der Waals surface area contributed by atoms with Crippen molar-refractivity contribution in [1.29, 1.82) is 5.26 Å². The molecule has 2 aliphatic rings. The van der Waals surface area contributed by atoms with Crippen molar-refractivity contribution < 1.29 is 9.59 Å². The summed E-state index contributed by atoms with van der Waals surface area (Å²) in [6.45, 7) is 5.26. The molecule has 5 nitrogen and oxygen atoms in total. The van der Waals surface area contributed by atoms with Gasteiger partial charge in [0, 0.05) is 30.0 Å². The van der Waals surface area contributed by atoms with Crippen LogP contribution in [0, 0.1) is 23.2 Å². The number of amides is 2. The summed E-state index contributed by atoms with van der Waals surface area (Å²) in [5.41, 5.74) is 3.85. The summed E-state index contributed by atoms with van der Waals surface area (Å²) in [4.78, 5) is 27.9. The van der Waals surface area contributed by atoms with Crippen molar-refractivity contribution in [2.24, 2.45) is 11.8 Å². The van der Waals surface area contributed by atoms with Gasteiger partial charge in [0.2, 0.25) is 11.8 Å². The highest BCUT2D eigenvalue weighted by Gasteiger charge is 2.35. The van der Waals surface area contributed by atoms with Crippen LogP contribution in [0.4, 0.5) is 5.00 Å². The van der Waals surface area contributed by atoms with Gasteiger partial charge in [-0.2, -0.15) is 5.26 Å². The molecule has 1 saturated heterocycles. The van der Waals surface area contributed by atoms with Gasteiger partial charge in [0.15, 0.2) is 0 Å². The first kappa shape index (κ1) is 18.7. The molecule has 4 rings (SSSR count). The molecule has 144 valence electrons. The number of thiophene rings is 1. The van der Waals surface area contributed by atoms with Gasteiger partial charge in [-0.1, -0.05) is 38.1 Å². The average molecular weight is 394 g/mol. The number of aryl methyl sites for hydroxylation is 2. The molecule has 1 aliphatic carbocycles. The molecule has 1 atom stereocenters. The van der Waals surface area contributed by atoms with Crippen LogP contribution in [-0.2, 0) is 22.4 Å². The molecule has 1 aliphatic heterocycles. The van der Waals surface area contributed by atoms with Crippen molar-refractivity contribution in [1.82, 2.24) is 4.90 Å². The summed E-state index contributed by atoms with van der Waals surface area (Å²) in [5, 5.41) is 13.4.